The molecule has 0 heterocycles. The summed E-state index contributed by atoms with van der Waals surface area (Å²) < 4.78 is 0. The van der Waals surface area contributed by atoms with Gasteiger partial charge in [-0.25, -0.2) is 0 Å². The van der Waals surface area contributed by atoms with Crippen molar-refractivity contribution in [1.29, 1.82) is 0 Å². The van der Waals surface area contributed by atoms with Crippen LogP contribution < -0.4 is 0 Å². The molecule has 0 bridgehead atoms. The minimum absolute atomic E-state index is 0.00781. The lowest BCUT2D eigenvalue weighted by molar-refractivity contribution is -0.187. The van der Waals surface area contributed by atoms with E-state index in [0.717, 1.165) is 11.1 Å². The summed E-state index contributed by atoms with van der Waals surface area (Å²) >= 11 is 0. The fourth-order valence-corrected chi connectivity index (χ4v) is 8.04. The molecule has 0 aliphatic heterocycles. The number of rotatable bonds is 6. The molecule has 9 nitrogen and oxygen atoms in total. The minimum atomic E-state index is -2.19. The number of aliphatic hydroxyl groups is 3. The number of carbonyl (C=O) groups excluding carboxylic acids is 2. The second-order valence-electron chi connectivity index (χ2n) is 11.4. The van der Waals surface area contributed by atoms with Crippen molar-refractivity contribution in [2.75, 3.05) is 0 Å². The van der Waals surface area contributed by atoms with Gasteiger partial charge in [0.2, 0.25) is 0 Å². The highest BCUT2D eigenvalue weighted by Gasteiger charge is 2.69. The second-order valence-corrected chi connectivity index (χ2v) is 11.4. The number of hydrogen-bond donors (Lipinski definition) is 5. The van der Waals surface area contributed by atoms with Crippen LogP contribution in [0.4, 0.5) is 0 Å². The number of allylic oxidation sites excluding steroid dienone is 4. The van der Waals surface area contributed by atoms with Crippen molar-refractivity contribution in [3.8, 4) is 0 Å². The van der Waals surface area contributed by atoms with Gasteiger partial charge in [-0.1, -0.05) is 25.0 Å². The molecular weight excluding hydrogens is 456 g/mol. The second kappa shape index (κ2) is 8.35. The normalized spacial score (nSPS) is 42.1. The third-order valence-corrected chi connectivity index (χ3v) is 9.95. The van der Waals surface area contributed by atoms with Gasteiger partial charge in [0.1, 0.15) is 17.6 Å². The van der Waals surface area contributed by atoms with E-state index in [4.69, 9.17) is 5.11 Å². The van der Waals surface area contributed by atoms with E-state index >= 15 is 0 Å². The van der Waals surface area contributed by atoms with Crippen molar-refractivity contribution in [1.82, 2.24) is 0 Å². The molecule has 0 radical (unpaired) electrons. The number of hydrogen-bond acceptors (Lipinski definition) is 7. The molecule has 0 aromatic heterocycles. The van der Waals surface area contributed by atoms with Crippen LogP contribution in [0.1, 0.15) is 59.3 Å². The van der Waals surface area contributed by atoms with E-state index in [9.17, 15) is 39.6 Å². The SMILES string of the molecule is CC1=CC(=O)C=C2CC[C@@H]3[C@H](C(O)C[C@@]4(C)[C@H]3CC[C@]4(O)C(=O)C(O)C(CC(=O)O)C(=O)O)[C@@]12C. The fourth-order valence-electron chi connectivity index (χ4n) is 8.04. The number of aliphatic carboxylic acids is 2. The Morgan fingerprint density at radius 1 is 1.14 bits per heavy atom. The zero-order chi connectivity index (χ0) is 26.1. The van der Waals surface area contributed by atoms with Gasteiger partial charge in [0.25, 0.3) is 0 Å². The Morgan fingerprint density at radius 3 is 2.40 bits per heavy atom. The maximum atomic E-state index is 13.4. The smallest absolute Gasteiger partial charge is 0.310 e. The zero-order valence-electron chi connectivity index (χ0n) is 20.2. The molecule has 0 saturated heterocycles. The molecule has 0 aromatic carbocycles. The van der Waals surface area contributed by atoms with E-state index in [2.05, 4.69) is 0 Å². The van der Waals surface area contributed by atoms with Crippen LogP contribution in [0, 0.1) is 34.5 Å². The zero-order valence-corrected chi connectivity index (χ0v) is 20.2. The number of ketones is 2. The van der Waals surface area contributed by atoms with E-state index in [0.29, 0.717) is 19.3 Å². The Balaban J connectivity index is 1.69. The first kappa shape index (κ1) is 25.7. The maximum Gasteiger partial charge on any atom is 0.310 e. The summed E-state index contributed by atoms with van der Waals surface area (Å²) in [5.41, 5.74) is -1.87. The van der Waals surface area contributed by atoms with Crippen LogP contribution in [0.15, 0.2) is 23.3 Å². The monoisotopic (exact) mass is 490 g/mol. The van der Waals surface area contributed by atoms with Crippen molar-refractivity contribution < 1.29 is 44.7 Å². The Hall–Kier alpha value is -2.36. The summed E-state index contributed by atoms with van der Waals surface area (Å²) in [6, 6.07) is 0. The van der Waals surface area contributed by atoms with Gasteiger partial charge in [0.05, 0.1) is 12.5 Å². The summed E-state index contributed by atoms with van der Waals surface area (Å²) in [5.74, 6) is -6.60. The number of carboxylic acid groups (broad SMARTS) is 2. The highest BCUT2D eigenvalue weighted by Crippen LogP contribution is 2.68. The van der Waals surface area contributed by atoms with E-state index in [1.165, 1.54) is 0 Å². The fraction of sp³-hybridized carbons (Fsp3) is 0.692. The molecule has 4 aliphatic carbocycles. The van der Waals surface area contributed by atoms with Crippen molar-refractivity contribution in [2.45, 2.75) is 77.1 Å². The Morgan fingerprint density at radius 2 is 1.80 bits per heavy atom. The average Bonchev–Trinajstić information content (AvgIpc) is 3.02. The van der Waals surface area contributed by atoms with Gasteiger partial charge in [0, 0.05) is 16.7 Å². The lowest BCUT2D eigenvalue weighted by Gasteiger charge is -2.60. The quantitative estimate of drug-likeness (QED) is 0.370. The van der Waals surface area contributed by atoms with Crippen LogP contribution in [-0.4, -0.2) is 66.8 Å². The number of Topliss-reactive ketones (excluding diaryl/α,β-unsaturated/α-hetero) is 1. The Labute approximate surface area is 203 Å². The lowest BCUT2D eigenvalue weighted by Crippen LogP contribution is -2.63. The first-order valence-corrected chi connectivity index (χ1v) is 12.2. The van der Waals surface area contributed by atoms with E-state index < -0.39 is 58.7 Å². The Kier molecular flexibility index (Phi) is 6.14. The van der Waals surface area contributed by atoms with Crippen LogP contribution in [0.25, 0.3) is 0 Å². The van der Waals surface area contributed by atoms with Crippen molar-refractivity contribution >= 4 is 23.5 Å². The number of carboxylic acids is 2. The molecule has 4 aliphatic rings. The minimum Gasteiger partial charge on any atom is -0.481 e. The topological polar surface area (TPSA) is 169 Å². The molecule has 0 spiro atoms. The highest BCUT2D eigenvalue weighted by molar-refractivity contribution is 6.02. The highest BCUT2D eigenvalue weighted by atomic mass is 16.4. The first-order chi connectivity index (χ1) is 16.2. The van der Waals surface area contributed by atoms with Crippen LogP contribution in [-0.2, 0) is 19.2 Å². The summed E-state index contributed by atoms with van der Waals surface area (Å²) in [7, 11) is 0. The van der Waals surface area contributed by atoms with Crippen LogP contribution >= 0.6 is 0 Å². The molecule has 5 N–H and O–H groups in total. The summed E-state index contributed by atoms with van der Waals surface area (Å²) in [5, 5.41) is 52.3. The predicted octanol–water partition coefficient (Wildman–Crippen LogP) is 1.49. The largest absolute Gasteiger partial charge is 0.481 e. The van der Waals surface area contributed by atoms with Crippen molar-refractivity contribution in [3.05, 3.63) is 23.3 Å². The third-order valence-electron chi connectivity index (χ3n) is 9.95. The third kappa shape index (κ3) is 3.54. The predicted molar refractivity (Wildman–Crippen MR) is 122 cm³/mol. The van der Waals surface area contributed by atoms with E-state index in [-0.39, 0.29) is 36.4 Å². The van der Waals surface area contributed by atoms with Gasteiger partial charge < -0.3 is 25.5 Å². The summed E-state index contributed by atoms with van der Waals surface area (Å²) in [6.45, 7) is 5.65. The van der Waals surface area contributed by atoms with Gasteiger partial charge in [-0.2, -0.15) is 0 Å². The van der Waals surface area contributed by atoms with Gasteiger partial charge in [0.15, 0.2) is 11.6 Å². The Bertz CT molecular complexity index is 1040. The van der Waals surface area contributed by atoms with Gasteiger partial charge in [-0.3, -0.25) is 19.2 Å². The van der Waals surface area contributed by atoms with Crippen LogP contribution in [0.2, 0.25) is 0 Å². The average molecular weight is 491 g/mol. The molecule has 192 valence electrons. The first-order valence-electron chi connectivity index (χ1n) is 12.2. The summed E-state index contributed by atoms with van der Waals surface area (Å²) in [4.78, 5) is 48.3. The molecule has 4 rings (SSSR count). The van der Waals surface area contributed by atoms with Gasteiger partial charge >= 0.3 is 11.9 Å². The number of fused-ring (bicyclic) bond motifs is 5. The number of carbonyl (C=O) groups is 4. The molecule has 9 atom stereocenters. The molecule has 0 amide bonds. The van der Waals surface area contributed by atoms with Gasteiger partial charge in [-0.15, -0.1) is 0 Å². The molecule has 3 saturated carbocycles. The maximum absolute atomic E-state index is 13.4. The lowest BCUT2D eigenvalue weighted by atomic mass is 9.45. The molecule has 3 unspecified atom stereocenters. The van der Waals surface area contributed by atoms with Crippen molar-refractivity contribution in [3.63, 3.8) is 0 Å². The molecular formula is C26H34O9. The van der Waals surface area contributed by atoms with E-state index in [1.807, 2.05) is 13.8 Å². The molecule has 9 heteroatoms. The van der Waals surface area contributed by atoms with Crippen molar-refractivity contribution in [2.24, 2.45) is 34.5 Å². The van der Waals surface area contributed by atoms with E-state index in [1.54, 1.807) is 19.1 Å². The van der Waals surface area contributed by atoms with Gasteiger partial charge in [-0.05, 0) is 63.0 Å². The standard InChI is InChI=1S/C26H34O9/c1-12-8-14(27)9-13-4-5-15-17-6-7-26(35,22(32)21(31)16(23(33)34)10-19(29)30)24(17,2)11-18(28)20(15)25(12,13)3/h8-9,15-18,20-21,28,31,35H,4-7,10-11H2,1-3H3,(H,29,30)(H,33,34)/t15-,16?,17-,18?,20+,21?,24-,25-,26-/m0/s1. The molecule has 0 aromatic rings. The van der Waals surface area contributed by atoms with Crippen LogP contribution in [0.3, 0.4) is 0 Å². The number of aliphatic hydroxyl groups excluding tert-OH is 2. The van der Waals surface area contributed by atoms with Crippen LogP contribution in [0.5, 0.6) is 0 Å². The molecule has 35 heavy (non-hydrogen) atoms. The molecule has 3 fully saturated rings. The summed E-state index contributed by atoms with van der Waals surface area (Å²) in [6.07, 6.45) is 1.05.